The molecule has 2 N–H and O–H groups in total. The van der Waals surface area contributed by atoms with Crippen LogP contribution in [0.2, 0.25) is 10.0 Å². The Kier molecular flexibility index (Phi) is 6.42. The second-order valence-electron chi connectivity index (χ2n) is 10.8. The van der Waals surface area contributed by atoms with Gasteiger partial charge >= 0.3 is 5.97 Å². The van der Waals surface area contributed by atoms with Gasteiger partial charge in [0, 0.05) is 29.8 Å². The molecule has 2 heterocycles. The third kappa shape index (κ3) is 4.85. The molecule has 0 spiro atoms. The molecular weight excluding hydrogens is 513 g/mol. The van der Waals surface area contributed by atoms with Crippen molar-refractivity contribution >= 4 is 35.0 Å². The molecule has 4 aliphatic carbocycles. The van der Waals surface area contributed by atoms with Crippen LogP contribution in [0.4, 0.5) is 5.82 Å². The van der Waals surface area contributed by atoms with E-state index in [0.717, 1.165) is 69.2 Å². The van der Waals surface area contributed by atoms with Crippen molar-refractivity contribution in [1.82, 2.24) is 10.1 Å². The number of halogens is 2. The quantitative estimate of drug-likeness (QED) is 0.292. The van der Waals surface area contributed by atoms with Gasteiger partial charge in [0.1, 0.15) is 17.3 Å². The minimum Gasteiger partial charge on any atom is -0.478 e. The van der Waals surface area contributed by atoms with E-state index in [9.17, 15) is 4.79 Å². The molecule has 37 heavy (non-hydrogen) atoms. The van der Waals surface area contributed by atoms with Gasteiger partial charge in [-0.05, 0) is 81.0 Å². The summed E-state index contributed by atoms with van der Waals surface area (Å²) in [6.07, 6.45) is 9.86. The van der Waals surface area contributed by atoms with Crippen LogP contribution < -0.4 is 5.32 Å². The van der Waals surface area contributed by atoms with E-state index in [-0.39, 0.29) is 16.6 Å². The van der Waals surface area contributed by atoms with E-state index in [1.165, 1.54) is 6.20 Å². The molecule has 4 saturated carbocycles. The lowest BCUT2D eigenvalue weighted by Crippen LogP contribution is -2.50. The number of rotatable bonds is 9. The fourth-order valence-electron chi connectivity index (χ4n) is 5.89. The van der Waals surface area contributed by atoms with Crippen molar-refractivity contribution in [3.63, 3.8) is 0 Å². The highest BCUT2D eigenvalue weighted by atomic mass is 35.5. The first kappa shape index (κ1) is 24.7. The van der Waals surface area contributed by atoms with Crippen LogP contribution in [0.1, 0.15) is 79.0 Å². The standard InChI is InChI=1S/C28H29Cl2N3O4/c29-20-2-1-3-21(30)23(20)24-19(25(37-33-24)17-4-5-17)15-36-28-11-8-27(9-12-28,10-13-28)16-32-22-7-6-18(14-31-22)26(34)35/h1-3,6-7,14,17H,4-5,8-13,15-16H2,(H,31,32)(H,34,35). The number of aromatic carboxylic acids is 1. The number of hydrogen-bond donors (Lipinski definition) is 2. The van der Waals surface area contributed by atoms with Crippen LogP contribution in [0.15, 0.2) is 41.1 Å². The fourth-order valence-corrected chi connectivity index (χ4v) is 6.46. The summed E-state index contributed by atoms with van der Waals surface area (Å²) in [6, 6.07) is 8.80. The zero-order chi connectivity index (χ0) is 25.6. The molecule has 4 fully saturated rings. The molecule has 7 nitrogen and oxygen atoms in total. The normalized spacial score (nSPS) is 24.8. The monoisotopic (exact) mass is 541 g/mol. The van der Waals surface area contributed by atoms with Gasteiger partial charge < -0.3 is 19.7 Å². The maximum atomic E-state index is 11.1. The molecule has 0 saturated heterocycles. The Hall–Kier alpha value is -2.61. The van der Waals surface area contributed by atoms with Crippen molar-refractivity contribution in [2.75, 3.05) is 11.9 Å². The van der Waals surface area contributed by atoms with Crippen molar-refractivity contribution in [3.05, 3.63) is 63.5 Å². The average molecular weight is 542 g/mol. The Balaban J connectivity index is 1.13. The summed E-state index contributed by atoms with van der Waals surface area (Å²) >= 11 is 13.0. The summed E-state index contributed by atoms with van der Waals surface area (Å²) in [5.74, 6) is 1.05. The highest BCUT2D eigenvalue weighted by Gasteiger charge is 2.49. The smallest absolute Gasteiger partial charge is 0.337 e. The zero-order valence-electron chi connectivity index (χ0n) is 20.4. The molecule has 4 aliphatic rings. The van der Waals surface area contributed by atoms with E-state index in [2.05, 4.69) is 15.5 Å². The summed E-state index contributed by atoms with van der Waals surface area (Å²) in [6.45, 7) is 1.27. The van der Waals surface area contributed by atoms with Crippen molar-refractivity contribution < 1.29 is 19.2 Å². The molecule has 0 aliphatic heterocycles. The number of pyridine rings is 1. The van der Waals surface area contributed by atoms with Crippen LogP contribution in [0.3, 0.4) is 0 Å². The number of anilines is 1. The Bertz CT molecular complexity index is 1270. The number of aromatic nitrogens is 2. The van der Waals surface area contributed by atoms with Crippen LogP contribution in [0.5, 0.6) is 0 Å². The second-order valence-corrected chi connectivity index (χ2v) is 11.6. The lowest BCUT2D eigenvalue weighted by Gasteiger charge is -2.53. The number of nitrogens with one attached hydrogen (secondary N) is 1. The molecule has 1 aromatic carbocycles. The third-order valence-electron chi connectivity index (χ3n) is 8.48. The molecule has 0 atom stereocenters. The lowest BCUT2D eigenvalue weighted by atomic mass is 9.58. The minimum absolute atomic E-state index is 0.136. The first-order valence-electron chi connectivity index (χ1n) is 12.9. The molecule has 194 valence electrons. The number of ether oxygens (including phenoxy) is 1. The fraction of sp³-hybridized carbons (Fsp3) is 0.464. The number of fused-ring (bicyclic) bond motifs is 3. The van der Waals surface area contributed by atoms with Gasteiger partial charge in [-0.25, -0.2) is 9.78 Å². The van der Waals surface area contributed by atoms with Gasteiger partial charge in [-0.15, -0.1) is 0 Å². The Morgan fingerprint density at radius 2 is 1.78 bits per heavy atom. The van der Waals surface area contributed by atoms with Gasteiger partial charge in [-0.3, -0.25) is 0 Å². The number of carboxylic acids is 1. The molecular formula is C28H29Cl2N3O4. The predicted molar refractivity (Wildman–Crippen MR) is 141 cm³/mol. The Morgan fingerprint density at radius 1 is 1.08 bits per heavy atom. The van der Waals surface area contributed by atoms with E-state index in [0.29, 0.717) is 39.6 Å². The predicted octanol–water partition coefficient (Wildman–Crippen LogP) is 7.34. The largest absolute Gasteiger partial charge is 0.478 e. The number of hydrogen-bond acceptors (Lipinski definition) is 6. The average Bonchev–Trinajstić information content (AvgIpc) is 3.68. The van der Waals surface area contributed by atoms with E-state index in [1.807, 2.05) is 18.2 Å². The van der Waals surface area contributed by atoms with Crippen molar-refractivity contribution in [3.8, 4) is 11.3 Å². The highest BCUT2D eigenvalue weighted by Crippen LogP contribution is 2.55. The Morgan fingerprint density at radius 3 is 2.38 bits per heavy atom. The number of nitrogens with zero attached hydrogens (tertiary/aromatic N) is 2. The zero-order valence-corrected chi connectivity index (χ0v) is 21.9. The van der Waals surface area contributed by atoms with Gasteiger partial charge in [0.15, 0.2) is 0 Å². The SMILES string of the molecule is O=C(O)c1ccc(NCC23CCC(OCc4c(-c5c(Cl)cccc5Cl)noc4C4CC4)(CC2)CC3)nc1. The minimum atomic E-state index is -0.967. The van der Waals surface area contributed by atoms with Crippen LogP contribution in [-0.4, -0.2) is 33.4 Å². The van der Waals surface area contributed by atoms with Gasteiger partial charge in [0.25, 0.3) is 0 Å². The second kappa shape index (κ2) is 9.61. The van der Waals surface area contributed by atoms with Crippen LogP contribution in [0, 0.1) is 5.41 Å². The number of carboxylic acid groups (broad SMARTS) is 1. The maximum absolute atomic E-state index is 11.1. The molecule has 3 aromatic rings. The van der Waals surface area contributed by atoms with Gasteiger partial charge in [0.2, 0.25) is 0 Å². The Labute approximate surface area is 225 Å². The number of benzene rings is 1. The lowest BCUT2D eigenvalue weighted by molar-refractivity contribution is -0.140. The summed E-state index contributed by atoms with van der Waals surface area (Å²) in [4.78, 5) is 15.3. The van der Waals surface area contributed by atoms with Crippen LogP contribution in [-0.2, 0) is 11.3 Å². The topological polar surface area (TPSA) is 97.5 Å². The van der Waals surface area contributed by atoms with Crippen molar-refractivity contribution in [1.29, 1.82) is 0 Å². The van der Waals surface area contributed by atoms with Crippen molar-refractivity contribution in [2.24, 2.45) is 5.41 Å². The third-order valence-corrected chi connectivity index (χ3v) is 9.11. The summed E-state index contributed by atoms with van der Waals surface area (Å²) in [5, 5.41) is 18.0. The van der Waals surface area contributed by atoms with Crippen molar-refractivity contribution in [2.45, 2.75) is 69.5 Å². The molecule has 0 amide bonds. The van der Waals surface area contributed by atoms with Gasteiger partial charge in [-0.2, -0.15) is 0 Å². The number of carbonyl (C=O) groups is 1. The molecule has 9 heteroatoms. The van der Waals surface area contributed by atoms with Crippen LogP contribution >= 0.6 is 23.2 Å². The first-order chi connectivity index (χ1) is 17.9. The van der Waals surface area contributed by atoms with Gasteiger partial charge in [-0.1, -0.05) is 34.4 Å². The van der Waals surface area contributed by atoms with E-state index in [4.69, 9.17) is 37.6 Å². The maximum Gasteiger partial charge on any atom is 0.337 e. The van der Waals surface area contributed by atoms with E-state index < -0.39 is 5.97 Å². The van der Waals surface area contributed by atoms with E-state index in [1.54, 1.807) is 12.1 Å². The molecule has 0 unspecified atom stereocenters. The van der Waals surface area contributed by atoms with Crippen LogP contribution in [0.25, 0.3) is 11.3 Å². The summed E-state index contributed by atoms with van der Waals surface area (Å²) in [5.41, 5.74) is 2.65. The van der Waals surface area contributed by atoms with E-state index >= 15 is 0 Å². The summed E-state index contributed by atoms with van der Waals surface area (Å²) < 4.78 is 12.5. The first-order valence-corrected chi connectivity index (χ1v) is 13.6. The van der Waals surface area contributed by atoms with Gasteiger partial charge in [0.05, 0.1) is 27.8 Å². The molecule has 2 aromatic heterocycles. The molecule has 2 bridgehead atoms. The molecule has 7 rings (SSSR count). The highest BCUT2D eigenvalue weighted by molar-refractivity contribution is 6.39. The summed E-state index contributed by atoms with van der Waals surface area (Å²) in [7, 11) is 0. The molecule has 0 radical (unpaired) electrons.